The molecule has 5 rings (SSSR count). The fraction of sp³-hybridized carbons (Fsp3) is 0.227. The summed E-state index contributed by atoms with van der Waals surface area (Å²) in [6.45, 7) is 1.33. The number of ether oxygens (including phenoxy) is 1. The maximum absolute atomic E-state index is 13.6. The Morgan fingerprint density at radius 2 is 2.09 bits per heavy atom. The number of sulfonamides is 1. The summed E-state index contributed by atoms with van der Waals surface area (Å²) in [5, 5.41) is 5.49. The van der Waals surface area contributed by atoms with Crippen molar-refractivity contribution in [3.63, 3.8) is 0 Å². The molecular formula is C22H20FN5O4S2. The normalized spacial score (nSPS) is 15.0. The van der Waals surface area contributed by atoms with Crippen molar-refractivity contribution in [3.8, 4) is 11.3 Å². The number of carbonyl (C=O) groups is 1. The lowest BCUT2D eigenvalue weighted by Crippen LogP contribution is -2.40. The van der Waals surface area contributed by atoms with Gasteiger partial charge in [-0.15, -0.1) is 11.3 Å². The number of nitrogens with one attached hydrogen (secondary N) is 2. The first kappa shape index (κ1) is 22.6. The summed E-state index contributed by atoms with van der Waals surface area (Å²) in [6.07, 6.45) is 2.82. The highest BCUT2D eigenvalue weighted by atomic mass is 32.2. The van der Waals surface area contributed by atoms with E-state index in [0.29, 0.717) is 59.3 Å². The quantitative estimate of drug-likeness (QED) is 0.419. The summed E-state index contributed by atoms with van der Waals surface area (Å²) in [4.78, 5) is 24.2. The fourth-order valence-electron chi connectivity index (χ4n) is 3.75. The second-order valence-electron chi connectivity index (χ2n) is 7.68. The molecule has 176 valence electrons. The van der Waals surface area contributed by atoms with E-state index in [1.807, 2.05) is 0 Å². The lowest BCUT2D eigenvalue weighted by Gasteiger charge is -2.26. The number of thiazole rings is 1. The lowest BCUT2D eigenvalue weighted by atomic mass is 10.1. The van der Waals surface area contributed by atoms with E-state index in [-0.39, 0.29) is 17.2 Å². The third-order valence-electron chi connectivity index (χ3n) is 5.40. The van der Waals surface area contributed by atoms with Crippen LogP contribution in [0.25, 0.3) is 22.3 Å². The predicted octanol–water partition coefficient (Wildman–Crippen LogP) is 3.03. The molecule has 1 aromatic carbocycles. The molecule has 0 bridgehead atoms. The number of pyridine rings is 1. The highest BCUT2D eigenvalue weighted by Crippen LogP contribution is 2.30. The average Bonchev–Trinajstić information content (AvgIpc) is 3.46. The Morgan fingerprint density at radius 1 is 1.26 bits per heavy atom. The maximum atomic E-state index is 13.6. The van der Waals surface area contributed by atoms with E-state index in [1.54, 1.807) is 23.7 Å². The molecule has 0 spiro atoms. The van der Waals surface area contributed by atoms with E-state index in [9.17, 15) is 17.6 Å². The third-order valence-corrected chi connectivity index (χ3v) is 8.05. The van der Waals surface area contributed by atoms with Gasteiger partial charge in [-0.05, 0) is 23.8 Å². The molecule has 2 N–H and O–H groups in total. The Kier molecular flexibility index (Phi) is 6.13. The second-order valence-corrected chi connectivity index (χ2v) is 10.5. The first-order valence-corrected chi connectivity index (χ1v) is 12.8. The van der Waals surface area contributed by atoms with Gasteiger partial charge in [-0.2, -0.15) is 4.31 Å². The topological polar surface area (TPSA) is 117 Å². The van der Waals surface area contributed by atoms with Crippen molar-refractivity contribution >= 4 is 43.4 Å². The van der Waals surface area contributed by atoms with Gasteiger partial charge in [0.05, 0.1) is 36.4 Å². The number of carbonyl (C=O) groups excluding carboxylic acids is 1. The molecule has 1 aliphatic rings. The molecule has 0 saturated carbocycles. The van der Waals surface area contributed by atoms with Crippen LogP contribution >= 0.6 is 11.3 Å². The van der Waals surface area contributed by atoms with Gasteiger partial charge in [-0.25, -0.2) is 22.8 Å². The van der Waals surface area contributed by atoms with E-state index in [0.717, 1.165) is 6.20 Å². The van der Waals surface area contributed by atoms with Crippen LogP contribution in [0.3, 0.4) is 0 Å². The van der Waals surface area contributed by atoms with Crippen molar-refractivity contribution in [2.24, 2.45) is 0 Å². The molecule has 1 aliphatic heterocycles. The number of anilines is 1. The Bertz CT molecular complexity index is 1460. The summed E-state index contributed by atoms with van der Waals surface area (Å²) in [5.41, 5.74) is 2.38. The highest BCUT2D eigenvalue weighted by molar-refractivity contribution is 7.89. The van der Waals surface area contributed by atoms with Crippen molar-refractivity contribution in [2.75, 3.05) is 31.6 Å². The van der Waals surface area contributed by atoms with Gasteiger partial charge in [0, 0.05) is 35.6 Å². The van der Waals surface area contributed by atoms with Crippen molar-refractivity contribution < 1.29 is 22.3 Å². The van der Waals surface area contributed by atoms with Crippen LogP contribution in [0.4, 0.5) is 9.52 Å². The number of H-pyrrole nitrogens is 1. The van der Waals surface area contributed by atoms with Crippen molar-refractivity contribution in [1.29, 1.82) is 0 Å². The predicted molar refractivity (Wildman–Crippen MR) is 126 cm³/mol. The Morgan fingerprint density at radius 3 is 2.91 bits per heavy atom. The number of morpholine rings is 1. The summed E-state index contributed by atoms with van der Waals surface area (Å²) in [5.74, 6) is -0.775. The Hall–Kier alpha value is -3.19. The highest BCUT2D eigenvalue weighted by Gasteiger charge is 2.26. The number of rotatable bonds is 6. The monoisotopic (exact) mass is 501 g/mol. The van der Waals surface area contributed by atoms with Crippen LogP contribution in [0.5, 0.6) is 0 Å². The Labute approximate surface area is 198 Å². The van der Waals surface area contributed by atoms with Gasteiger partial charge in [-0.3, -0.25) is 4.79 Å². The lowest BCUT2D eigenvalue weighted by molar-refractivity contribution is -0.115. The van der Waals surface area contributed by atoms with Gasteiger partial charge in [0.25, 0.3) is 0 Å². The number of hydrogen-bond acceptors (Lipinski definition) is 7. The number of amides is 1. The molecule has 4 heterocycles. The summed E-state index contributed by atoms with van der Waals surface area (Å²) in [6, 6.07) is 7.76. The first-order valence-electron chi connectivity index (χ1n) is 10.5. The Balaban J connectivity index is 1.28. The molecule has 0 radical (unpaired) electrons. The van der Waals surface area contributed by atoms with Crippen molar-refractivity contribution in [3.05, 3.63) is 59.5 Å². The SMILES string of the molecule is O=C(Cc1cccc(S(=O)(=O)N2CCOCC2)c1)Nc1nc(-c2c[nH]c3ncc(F)cc23)cs1. The third kappa shape index (κ3) is 4.57. The summed E-state index contributed by atoms with van der Waals surface area (Å²) in [7, 11) is -3.65. The molecule has 0 aliphatic carbocycles. The van der Waals surface area contributed by atoms with Crippen LogP contribution in [0.15, 0.2) is 53.0 Å². The minimum absolute atomic E-state index is 0.0103. The van der Waals surface area contributed by atoms with Crippen LogP contribution in [0.1, 0.15) is 5.56 Å². The van der Waals surface area contributed by atoms with Crippen LogP contribution in [0, 0.1) is 5.82 Å². The molecular weight excluding hydrogens is 481 g/mol. The number of fused-ring (bicyclic) bond motifs is 1. The zero-order valence-electron chi connectivity index (χ0n) is 17.8. The number of halogens is 1. The van der Waals surface area contributed by atoms with Gasteiger partial charge >= 0.3 is 0 Å². The van der Waals surface area contributed by atoms with E-state index < -0.39 is 15.8 Å². The summed E-state index contributed by atoms with van der Waals surface area (Å²) < 4.78 is 46.0. The number of aromatic amines is 1. The van der Waals surface area contributed by atoms with E-state index >= 15 is 0 Å². The molecule has 0 unspecified atom stereocenters. The van der Waals surface area contributed by atoms with Crippen molar-refractivity contribution in [1.82, 2.24) is 19.3 Å². The number of aromatic nitrogens is 3. The smallest absolute Gasteiger partial charge is 0.243 e. The molecule has 1 saturated heterocycles. The summed E-state index contributed by atoms with van der Waals surface area (Å²) >= 11 is 1.24. The number of benzene rings is 1. The molecule has 3 aromatic heterocycles. The van der Waals surface area contributed by atoms with Gasteiger partial charge < -0.3 is 15.0 Å². The van der Waals surface area contributed by atoms with Crippen LogP contribution in [-0.2, 0) is 26.0 Å². The van der Waals surface area contributed by atoms with Gasteiger partial charge in [0.2, 0.25) is 15.9 Å². The van der Waals surface area contributed by atoms with Crippen LogP contribution in [-0.4, -0.2) is 59.9 Å². The van der Waals surface area contributed by atoms with Crippen molar-refractivity contribution in [2.45, 2.75) is 11.3 Å². The number of hydrogen-bond donors (Lipinski definition) is 2. The van der Waals surface area contributed by atoms with Gasteiger partial charge in [0.15, 0.2) is 5.13 Å². The molecule has 1 fully saturated rings. The van der Waals surface area contributed by atoms with Gasteiger partial charge in [0.1, 0.15) is 11.5 Å². The maximum Gasteiger partial charge on any atom is 0.243 e. The number of nitrogens with zero attached hydrogens (tertiary/aromatic N) is 3. The van der Waals surface area contributed by atoms with E-state index in [4.69, 9.17) is 4.74 Å². The molecule has 4 aromatic rings. The van der Waals surface area contributed by atoms with Gasteiger partial charge in [-0.1, -0.05) is 12.1 Å². The first-order chi connectivity index (χ1) is 16.4. The molecule has 1 amide bonds. The molecule has 9 nitrogen and oxygen atoms in total. The zero-order valence-corrected chi connectivity index (χ0v) is 19.5. The van der Waals surface area contributed by atoms with Crippen LogP contribution in [0.2, 0.25) is 0 Å². The minimum Gasteiger partial charge on any atom is -0.379 e. The zero-order chi connectivity index (χ0) is 23.7. The minimum atomic E-state index is -3.65. The molecule has 0 atom stereocenters. The standard InChI is InChI=1S/C22H20FN5O4S2/c23-15-10-17-18(12-25-21(17)24-11-15)19-13-33-22(26-19)27-20(29)9-14-2-1-3-16(8-14)34(30,31)28-4-6-32-7-5-28/h1-3,8,10-13H,4-7,9H2,(H,24,25)(H,26,27,29). The van der Waals surface area contributed by atoms with E-state index in [1.165, 1.54) is 33.8 Å². The molecule has 34 heavy (non-hydrogen) atoms. The van der Waals surface area contributed by atoms with E-state index in [2.05, 4.69) is 20.3 Å². The second kappa shape index (κ2) is 9.22. The van der Waals surface area contributed by atoms with Crippen LogP contribution < -0.4 is 5.32 Å². The average molecular weight is 502 g/mol. The largest absolute Gasteiger partial charge is 0.379 e. The molecule has 12 heteroatoms. The fourth-order valence-corrected chi connectivity index (χ4v) is 5.95.